The Balaban J connectivity index is 1.80. The molecule has 4 rings (SSSR count). The molecule has 1 fully saturated rings. The number of aromatic nitrogens is 1. The molecule has 2 aromatic carbocycles. The van der Waals surface area contributed by atoms with Crippen LogP contribution < -0.4 is 4.31 Å². The van der Waals surface area contributed by atoms with Crippen molar-refractivity contribution >= 4 is 36.7 Å². The fourth-order valence-electron chi connectivity index (χ4n) is 2.99. The van der Waals surface area contributed by atoms with Gasteiger partial charge in [-0.05, 0) is 37.1 Å². The minimum atomic E-state index is -4.09. The summed E-state index contributed by atoms with van der Waals surface area (Å²) >= 11 is 1.27. The van der Waals surface area contributed by atoms with E-state index in [-0.39, 0.29) is 17.5 Å². The van der Waals surface area contributed by atoms with Crippen molar-refractivity contribution in [3.63, 3.8) is 0 Å². The van der Waals surface area contributed by atoms with E-state index in [1.54, 1.807) is 0 Å². The number of hydrogen-bond donors (Lipinski definition) is 0. The van der Waals surface area contributed by atoms with Crippen molar-refractivity contribution in [2.45, 2.75) is 23.8 Å². The van der Waals surface area contributed by atoms with Crippen LogP contribution in [0.15, 0.2) is 53.4 Å². The Kier molecular flexibility index (Phi) is 4.64. The van der Waals surface area contributed by atoms with Crippen molar-refractivity contribution in [3.8, 4) is 0 Å². The highest BCUT2D eigenvalue weighted by molar-refractivity contribution is 7.93. The first-order valence-electron chi connectivity index (χ1n) is 8.30. The fraction of sp³-hybridized carbons (Fsp3) is 0.278. The van der Waals surface area contributed by atoms with Crippen LogP contribution in [0.25, 0.3) is 10.2 Å². The predicted molar refractivity (Wildman–Crippen MR) is 99.5 cm³/mol. The maximum Gasteiger partial charge on any atom is 0.269 e. The lowest BCUT2D eigenvalue weighted by molar-refractivity contribution is 0.118. The van der Waals surface area contributed by atoms with Crippen LogP contribution in [-0.4, -0.2) is 32.7 Å². The molecule has 1 aromatic heterocycles. The quantitative estimate of drug-likeness (QED) is 0.663. The summed E-state index contributed by atoms with van der Waals surface area (Å²) in [5, 5.41) is 0.324. The molecule has 2 heterocycles. The Morgan fingerprint density at radius 3 is 2.69 bits per heavy atom. The Morgan fingerprint density at radius 2 is 1.96 bits per heavy atom. The maximum atomic E-state index is 14.2. The molecule has 8 heteroatoms. The molecule has 0 unspecified atom stereocenters. The Labute approximate surface area is 155 Å². The van der Waals surface area contributed by atoms with Gasteiger partial charge in [0.1, 0.15) is 10.7 Å². The molecule has 26 heavy (non-hydrogen) atoms. The Hall–Kier alpha value is -2.03. The molecular formula is C18H17FN2O3S2. The van der Waals surface area contributed by atoms with Crippen molar-refractivity contribution in [1.82, 2.24) is 4.98 Å². The number of thiazole rings is 1. The van der Waals surface area contributed by atoms with Crippen molar-refractivity contribution in [3.05, 3.63) is 54.3 Å². The molecule has 0 N–H and O–H groups in total. The molecule has 1 saturated heterocycles. The van der Waals surface area contributed by atoms with Crippen LogP contribution >= 0.6 is 11.3 Å². The molecule has 5 nitrogen and oxygen atoms in total. The number of hydrogen-bond acceptors (Lipinski definition) is 5. The monoisotopic (exact) mass is 392 g/mol. The van der Waals surface area contributed by atoms with E-state index >= 15 is 0 Å². The number of anilines is 1. The van der Waals surface area contributed by atoms with Crippen LogP contribution in [-0.2, 0) is 14.8 Å². The van der Waals surface area contributed by atoms with Crippen LogP contribution in [0.1, 0.15) is 12.8 Å². The lowest BCUT2D eigenvalue weighted by Gasteiger charge is -2.24. The summed E-state index contributed by atoms with van der Waals surface area (Å²) in [7, 11) is -4.09. The van der Waals surface area contributed by atoms with Gasteiger partial charge in [0.25, 0.3) is 10.0 Å². The molecule has 1 aliphatic heterocycles. The zero-order valence-corrected chi connectivity index (χ0v) is 15.5. The van der Waals surface area contributed by atoms with Crippen LogP contribution in [0.5, 0.6) is 0 Å². The minimum absolute atomic E-state index is 0.122. The normalized spacial score (nSPS) is 17.7. The van der Waals surface area contributed by atoms with Gasteiger partial charge in [-0.2, -0.15) is 0 Å². The van der Waals surface area contributed by atoms with Crippen molar-refractivity contribution in [2.75, 3.05) is 17.5 Å². The summed E-state index contributed by atoms with van der Waals surface area (Å²) in [4.78, 5) is 4.11. The molecule has 0 spiro atoms. The standard InChI is InChI=1S/C18H17FN2O3S2/c19-14-7-1-4-10-17(14)26(22,23)21(12-13-6-5-11-24-13)18-20-15-8-2-3-9-16(15)25-18/h1-4,7-10,13H,5-6,11-12H2/t13-/m0/s1. The topological polar surface area (TPSA) is 59.5 Å². The third-order valence-corrected chi connectivity index (χ3v) is 7.26. The number of para-hydroxylation sites is 1. The number of rotatable bonds is 5. The van der Waals surface area contributed by atoms with E-state index in [2.05, 4.69) is 4.98 Å². The van der Waals surface area contributed by atoms with Gasteiger partial charge in [0.05, 0.1) is 22.9 Å². The largest absolute Gasteiger partial charge is 0.376 e. The molecule has 0 amide bonds. The summed E-state index contributed by atoms with van der Waals surface area (Å²) in [6, 6.07) is 12.8. The molecule has 0 saturated carbocycles. The summed E-state index contributed by atoms with van der Waals surface area (Å²) in [6.45, 7) is 0.731. The molecule has 0 radical (unpaired) electrons. The van der Waals surface area contributed by atoms with Gasteiger partial charge in [-0.3, -0.25) is 0 Å². The highest BCUT2D eigenvalue weighted by Gasteiger charge is 2.33. The number of halogens is 1. The van der Waals surface area contributed by atoms with Gasteiger partial charge < -0.3 is 4.74 Å². The van der Waals surface area contributed by atoms with E-state index in [0.29, 0.717) is 17.3 Å². The van der Waals surface area contributed by atoms with E-state index < -0.39 is 15.8 Å². The SMILES string of the molecule is O=S(=O)(c1ccccc1F)N(C[C@@H]1CCCO1)c1nc2ccccc2s1. The molecule has 136 valence electrons. The number of fused-ring (bicyclic) bond motifs is 1. The second-order valence-electron chi connectivity index (χ2n) is 6.07. The van der Waals surface area contributed by atoms with Gasteiger partial charge in [0, 0.05) is 6.61 Å². The van der Waals surface area contributed by atoms with Gasteiger partial charge in [-0.25, -0.2) is 22.1 Å². The average molecular weight is 392 g/mol. The number of ether oxygens (including phenoxy) is 1. The van der Waals surface area contributed by atoms with Gasteiger partial charge in [-0.1, -0.05) is 35.6 Å². The molecule has 0 aliphatic carbocycles. The predicted octanol–water partition coefficient (Wildman–Crippen LogP) is 3.81. The molecule has 1 aliphatic rings. The van der Waals surface area contributed by atoms with Crippen molar-refractivity contribution < 1.29 is 17.5 Å². The van der Waals surface area contributed by atoms with Crippen LogP contribution in [0.3, 0.4) is 0 Å². The van der Waals surface area contributed by atoms with Crippen LogP contribution in [0, 0.1) is 5.82 Å². The second-order valence-corrected chi connectivity index (χ2v) is 8.91. The molecule has 1 atom stereocenters. The van der Waals surface area contributed by atoms with Gasteiger partial charge in [0.2, 0.25) is 5.13 Å². The highest BCUT2D eigenvalue weighted by atomic mass is 32.2. The zero-order chi connectivity index (χ0) is 18.1. The minimum Gasteiger partial charge on any atom is -0.376 e. The molecule has 0 bridgehead atoms. The van der Waals surface area contributed by atoms with E-state index in [0.717, 1.165) is 23.6 Å². The van der Waals surface area contributed by atoms with Crippen molar-refractivity contribution in [1.29, 1.82) is 0 Å². The summed E-state index contributed by atoms with van der Waals surface area (Å²) in [5.74, 6) is -0.772. The number of nitrogens with zero attached hydrogens (tertiary/aromatic N) is 2. The highest BCUT2D eigenvalue weighted by Crippen LogP contribution is 2.33. The van der Waals surface area contributed by atoms with Gasteiger partial charge in [-0.15, -0.1) is 0 Å². The second kappa shape index (κ2) is 6.94. The number of benzene rings is 2. The average Bonchev–Trinajstić information content (AvgIpc) is 3.28. The Bertz CT molecular complexity index is 997. The lowest BCUT2D eigenvalue weighted by Crippen LogP contribution is -2.37. The van der Waals surface area contributed by atoms with E-state index in [4.69, 9.17) is 4.74 Å². The first-order valence-corrected chi connectivity index (χ1v) is 10.6. The van der Waals surface area contributed by atoms with E-state index in [9.17, 15) is 12.8 Å². The van der Waals surface area contributed by atoms with Gasteiger partial charge in [0.15, 0.2) is 0 Å². The van der Waals surface area contributed by atoms with E-state index in [1.807, 2.05) is 24.3 Å². The van der Waals surface area contributed by atoms with Crippen LogP contribution in [0.2, 0.25) is 0 Å². The van der Waals surface area contributed by atoms with E-state index in [1.165, 1.54) is 33.8 Å². The Morgan fingerprint density at radius 1 is 1.19 bits per heavy atom. The molecule has 3 aromatic rings. The summed E-state index contributed by atoms with van der Waals surface area (Å²) in [6.07, 6.45) is 1.44. The summed E-state index contributed by atoms with van der Waals surface area (Å²) < 4.78 is 48.3. The van der Waals surface area contributed by atoms with Gasteiger partial charge >= 0.3 is 0 Å². The van der Waals surface area contributed by atoms with Crippen molar-refractivity contribution in [2.24, 2.45) is 0 Å². The first-order chi connectivity index (χ1) is 12.6. The molecular weight excluding hydrogens is 375 g/mol. The summed E-state index contributed by atoms with van der Waals surface area (Å²) in [5.41, 5.74) is 0.716. The third kappa shape index (κ3) is 3.20. The first kappa shape index (κ1) is 17.4. The van der Waals surface area contributed by atoms with Crippen LogP contribution in [0.4, 0.5) is 9.52 Å². The maximum absolute atomic E-state index is 14.2. The smallest absolute Gasteiger partial charge is 0.269 e. The zero-order valence-electron chi connectivity index (χ0n) is 13.8. The fourth-order valence-corrected chi connectivity index (χ4v) is 5.69. The lowest BCUT2D eigenvalue weighted by atomic mass is 10.2. The third-order valence-electron chi connectivity index (χ3n) is 4.29. The number of sulfonamides is 1.